The lowest BCUT2D eigenvalue weighted by Gasteiger charge is -2.15. The molecule has 3 rings (SSSR count). The second-order valence-corrected chi connectivity index (χ2v) is 6.12. The molecular formula is C17H19NO3. The van der Waals surface area contributed by atoms with Gasteiger partial charge in [-0.25, -0.2) is 4.79 Å². The largest absolute Gasteiger partial charge is 0.478 e. The summed E-state index contributed by atoms with van der Waals surface area (Å²) in [6.45, 7) is 0.770. The summed E-state index contributed by atoms with van der Waals surface area (Å²) in [6, 6.07) is 7.02. The number of nitrogens with one attached hydrogen (secondary N) is 1. The molecule has 1 aromatic carbocycles. The van der Waals surface area contributed by atoms with Gasteiger partial charge >= 0.3 is 5.97 Å². The molecular weight excluding hydrogens is 266 g/mol. The number of hydrogen-bond donors (Lipinski definition) is 2. The van der Waals surface area contributed by atoms with Crippen molar-refractivity contribution in [1.82, 2.24) is 5.32 Å². The zero-order valence-corrected chi connectivity index (χ0v) is 11.8. The monoisotopic (exact) mass is 285 g/mol. The molecule has 0 heterocycles. The van der Waals surface area contributed by atoms with Crippen LogP contribution in [0.25, 0.3) is 6.08 Å². The van der Waals surface area contributed by atoms with Crippen LogP contribution in [0.1, 0.15) is 41.6 Å². The van der Waals surface area contributed by atoms with E-state index in [1.807, 2.05) is 0 Å². The summed E-state index contributed by atoms with van der Waals surface area (Å²) >= 11 is 0. The molecule has 2 aliphatic rings. The Morgan fingerprint density at radius 2 is 2.10 bits per heavy atom. The molecule has 2 saturated carbocycles. The molecule has 21 heavy (non-hydrogen) atoms. The van der Waals surface area contributed by atoms with Crippen LogP contribution in [-0.2, 0) is 4.79 Å². The van der Waals surface area contributed by atoms with E-state index in [9.17, 15) is 9.59 Å². The third-order valence-corrected chi connectivity index (χ3v) is 4.50. The van der Waals surface area contributed by atoms with Crippen molar-refractivity contribution in [1.29, 1.82) is 0 Å². The molecule has 110 valence electrons. The maximum atomic E-state index is 12.2. The van der Waals surface area contributed by atoms with Gasteiger partial charge in [-0.05, 0) is 60.8 Å². The standard InChI is InChI=1S/C17H19NO3/c19-15(20)7-4-12-2-1-3-13(10-12)16(21)18-11-17(8-9-17)14-5-6-14/h1-4,7,10,14H,5-6,8-9,11H2,(H,18,21)(H,19,20)/b7-4+. The van der Waals surface area contributed by atoms with Crippen LogP contribution < -0.4 is 5.32 Å². The van der Waals surface area contributed by atoms with Gasteiger partial charge in [0.15, 0.2) is 0 Å². The molecule has 0 aromatic heterocycles. The van der Waals surface area contributed by atoms with Crippen LogP contribution in [0.3, 0.4) is 0 Å². The molecule has 4 nitrogen and oxygen atoms in total. The van der Waals surface area contributed by atoms with Crippen LogP contribution in [-0.4, -0.2) is 23.5 Å². The van der Waals surface area contributed by atoms with E-state index in [1.54, 1.807) is 24.3 Å². The Kier molecular flexibility index (Phi) is 3.53. The zero-order valence-electron chi connectivity index (χ0n) is 11.8. The summed E-state index contributed by atoms with van der Waals surface area (Å²) in [5, 5.41) is 11.7. The SMILES string of the molecule is O=C(O)/C=C/c1cccc(C(=O)NCC2(C3CC3)CC2)c1. The van der Waals surface area contributed by atoms with Gasteiger partial charge in [-0.3, -0.25) is 4.79 Å². The first-order valence-electron chi connectivity index (χ1n) is 7.38. The fraction of sp³-hybridized carbons (Fsp3) is 0.412. The molecule has 1 amide bonds. The van der Waals surface area contributed by atoms with E-state index in [0.717, 1.165) is 18.5 Å². The van der Waals surface area contributed by atoms with E-state index in [2.05, 4.69) is 5.32 Å². The highest BCUT2D eigenvalue weighted by molar-refractivity contribution is 5.95. The quantitative estimate of drug-likeness (QED) is 0.790. The lowest BCUT2D eigenvalue weighted by Crippen LogP contribution is -2.31. The highest BCUT2D eigenvalue weighted by Crippen LogP contribution is 2.60. The summed E-state index contributed by atoms with van der Waals surface area (Å²) in [5.41, 5.74) is 1.68. The Labute approximate surface area is 123 Å². The van der Waals surface area contributed by atoms with Crippen LogP contribution in [0.2, 0.25) is 0 Å². The highest BCUT2D eigenvalue weighted by Gasteiger charge is 2.53. The molecule has 2 fully saturated rings. The maximum Gasteiger partial charge on any atom is 0.328 e. The molecule has 0 atom stereocenters. The highest BCUT2D eigenvalue weighted by atomic mass is 16.4. The van der Waals surface area contributed by atoms with Crippen molar-refractivity contribution in [2.45, 2.75) is 25.7 Å². The van der Waals surface area contributed by atoms with Gasteiger partial charge in [0, 0.05) is 18.2 Å². The van der Waals surface area contributed by atoms with Gasteiger partial charge in [-0.15, -0.1) is 0 Å². The van der Waals surface area contributed by atoms with E-state index in [-0.39, 0.29) is 5.91 Å². The summed E-state index contributed by atoms with van der Waals surface area (Å²) in [5.74, 6) is -0.250. The van der Waals surface area contributed by atoms with Gasteiger partial charge in [0.05, 0.1) is 0 Å². The van der Waals surface area contributed by atoms with Gasteiger partial charge in [0.2, 0.25) is 0 Å². The first-order valence-corrected chi connectivity index (χ1v) is 7.38. The van der Waals surface area contributed by atoms with Gasteiger partial charge < -0.3 is 10.4 Å². The lowest BCUT2D eigenvalue weighted by molar-refractivity contribution is -0.131. The predicted octanol–water partition coefficient (Wildman–Crippen LogP) is 2.70. The second-order valence-electron chi connectivity index (χ2n) is 6.12. The van der Waals surface area contributed by atoms with Gasteiger partial charge in [0.25, 0.3) is 5.91 Å². The predicted molar refractivity (Wildman–Crippen MR) is 79.8 cm³/mol. The third kappa shape index (κ3) is 3.32. The molecule has 0 spiro atoms. The molecule has 1 aromatic rings. The van der Waals surface area contributed by atoms with Crippen molar-refractivity contribution in [3.8, 4) is 0 Å². The fourth-order valence-corrected chi connectivity index (χ4v) is 2.90. The molecule has 0 radical (unpaired) electrons. The van der Waals surface area contributed by atoms with E-state index >= 15 is 0 Å². The van der Waals surface area contributed by atoms with Crippen LogP contribution in [0.4, 0.5) is 0 Å². The summed E-state index contributed by atoms with van der Waals surface area (Å²) in [6.07, 6.45) is 7.66. The van der Waals surface area contributed by atoms with Crippen LogP contribution >= 0.6 is 0 Å². The van der Waals surface area contributed by atoms with Crippen molar-refractivity contribution >= 4 is 18.0 Å². The Morgan fingerprint density at radius 3 is 2.71 bits per heavy atom. The number of carbonyl (C=O) groups is 2. The van der Waals surface area contributed by atoms with E-state index in [4.69, 9.17) is 5.11 Å². The molecule has 0 unspecified atom stereocenters. The van der Waals surface area contributed by atoms with E-state index in [0.29, 0.717) is 16.5 Å². The van der Waals surface area contributed by atoms with Gasteiger partial charge in [-0.1, -0.05) is 12.1 Å². The molecule has 0 saturated heterocycles. The minimum Gasteiger partial charge on any atom is -0.478 e. The van der Waals surface area contributed by atoms with Crippen LogP contribution in [0, 0.1) is 11.3 Å². The first kappa shape index (κ1) is 13.9. The summed E-state index contributed by atoms with van der Waals surface area (Å²) in [4.78, 5) is 22.7. The zero-order chi connectivity index (χ0) is 14.9. The first-order chi connectivity index (χ1) is 10.1. The number of carbonyl (C=O) groups excluding carboxylic acids is 1. The maximum absolute atomic E-state index is 12.2. The lowest BCUT2D eigenvalue weighted by atomic mass is 10.0. The van der Waals surface area contributed by atoms with Crippen LogP contribution in [0.15, 0.2) is 30.3 Å². The smallest absolute Gasteiger partial charge is 0.328 e. The number of hydrogen-bond acceptors (Lipinski definition) is 2. The topological polar surface area (TPSA) is 66.4 Å². The number of aliphatic carboxylic acids is 1. The Hall–Kier alpha value is -2.10. The van der Waals surface area contributed by atoms with Crippen molar-refractivity contribution in [3.63, 3.8) is 0 Å². The minimum absolute atomic E-state index is 0.0764. The molecule has 0 aliphatic heterocycles. The molecule has 0 bridgehead atoms. The average molecular weight is 285 g/mol. The van der Waals surface area contributed by atoms with Crippen molar-refractivity contribution in [2.24, 2.45) is 11.3 Å². The van der Waals surface area contributed by atoms with Crippen molar-refractivity contribution < 1.29 is 14.7 Å². The number of benzene rings is 1. The summed E-state index contributed by atoms with van der Waals surface area (Å²) < 4.78 is 0. The Balaban J connectivity index is 1.61. The van der Waals surface area contributed by atoms with Gasteiger partial charge in [0.1, 0.15) is 0 Å². The Morgan fingerprint density at radius 1 is 1.33 bits per heavy atom. The average Bonchev–Trinajstić information content (AvgIpc) is 3.35. The normalized spacial score (nSPS) is 19.4. The van der Waals surface area contributed by atoms with E-state index < -0.39 is 5.97 Å². The number of amides is 1. The molecule has 2 N–H and O–H groups in total. The van der Waals surface area contributed by atoms with Crippen molar-refractivity contribution in [2.75, 3.05) is 6.54 Å². The fourth-order valence-electron chi connectivity index (χ4n) is 2.90. The third-order valence-electron chi connectivity index (χ3n) is 4.50. The minimum atomic E-state index is -0.995. The molecule has 2 aliphatic carbocycles. The van der Waals surface area contributed by atoms with Crippen molar-refractivity contribution in [3.05, 3.63) is 41.5 Å². The Bertz CT molecular complexity index is 598. The number of rotatable bonds is 6. The van der Waals surface area contributed by atoms with Gasteiger partial charge in [-0.2, -0.15) is 0 Å². The van der Waals surface area contributed by atoms with Crippen LogP contribution in [0.5, 0.6) is 0 Å². The second kappa shape index (κ2) is 5.35. The summed E-state index contributed by atoms with van der Waals surface area (Å²) in [7, 11) is 0. The molecule has 4 heteroatoms. The van der Waals surface area contributed by atoms with E-state index in [1.165, 1.54) is 31.8 Å². The number of carboxylic acids is 1. The number of carboxylic acid groups (broad SMARTS) is 1.